The summed E-state index contributed by atoms with van der Waals surface area (Å²) in [7, 11) is 0. The van der Waals surface area contributed by atoms with Gasteiger partial charge in [0, 0.05) is 11.4 Å². The van der Waals surface area contributed by atoms with Crippen LogP contribution in [0.2, 0.25) is 0 Å². The van der Waals surface area contributed by atoms with E-state index in [0.29, 0.717) is 6.42 Å². The van der Waals surface area contributed by atoms with Gasteiger partial charge in [-0.05, 0) is 36.7 Å². The maximum Gasteiger partial charge on any atom is 0.126 e. The second-order valence-corrected chi connectivity index (χ2v) is 5.06. The molecule has 1 aromatic heterocycles. The lowest BCUT2D eigenvalue weighted by Gasteiger charge is -2.04. The van der Waals surface area contributed by atoms with Crippen LogP contribution in [0.5, 0.6) is 0 Å². The lowest BCUT2D eigenvalue weighted by Crippen LogP contribution is -2.16. The molecule has 1 N–H and O–H groups in total. The fourth-order valence-electron chi connectivity index (χ4n) is 1.67. The standard InChI is InChI=1S/C14H13FN2S/c15-14-4-2-1-3-11(14)7-8-17-10-13-6-5-12(9-16)18-13/h1-6,17H,7-8,10H2. The third-order valence-electron chi connectivity index (χ3n) is 2.60. The van der Waals surface area contributed by atoms with Crippen LogP contribution < -0.4 is 5.32 Å². The normalized spacial score (nSPS) is 10.2. The van der Waals surface area contributed by atoms with Crippen molar-refractivity contribution in [3.63, 3.8) is 0 Å². The van der Waals surface area contributed by atoms with Crippen LogP contribution in [-0.2, 0) is 13.0 Å². The summed E-state index contributed by atoms with van der Waals surface area (Å²) >= 11 is 1.48. The Labute approximate surface area is 110 Å². The van der Waals surface area contributed by atoms with Gasteiger partial charge in [-0.3, -0.25) is 0 Å². The number of nitrogens with one attached hydrogen (secondary N) is 1. The van der Waals surface area contributed by atoms with Crippen molar-refractivity contribution in [3.05, 3.63) is 57.5 Å². The minimum Gasteiger partial charge on any atom is -0.312 e. The molecule has 18 heavy (non-hydrogen) atoms. The van der Waals surface area contributed by atoms with Gasteiger partial charge in [0.2, 0.25) is 0 Å². The van der Waals surface area contributed by atoms with Crippen LogP contribution in [0.15, 0.2) is 36.4 Å². The fourth-order valence-corrected chi connectivity index (χ4v) is 2.44. The molecular weight excluding hydrogens is 247 g/mol. The van der Waals surface area contributed by atoms with Crippen LogP contribution in [0.1, 0.15) is 15.3 Å². The summed E-state index contributed by atoms with van der Waals surface area (Å²) in [6.45, 7) is 1.45. The second kappa shape index (κ2) is 6.29. The van der Waals surface area contributed by atoms with E-state index >= 15 is 0 Å². The first-order valence-corrected chi connectivity index (χ1v) is 6.54. The average molecular weight is 260 g/mol. The third-order valence-corrected chi connectivity index (χ3v) is 3.59. The van der Waals surface area contributed by atoms with Crippen molar-refractivity contribution in [1.29, 1.82) is 5.26 Å². The minimum absolute atomic E-state index is 0.151. The van der Waals surface area contributed by atoms with E-state index in [0.717, 1.165) is 28.4 Å². The Morgan fingerprint density at radius 1 is 1.22 bits per heavy atom. The van der Waals surface area contributed by atoms with Crippen molar-refractivity contribution in [2.24, 2.45) is 0 Å². The molecule has 2 nitrogen and oxygen atoms in total. The van der Waals surface area contributed by atoms with Crippen molar-refractivity contribution in [3.8, 4) is 6.07 Å². The Morgan fingerprint density at radius 2 is 2.06 bits per heavy atom. The maximum atomic E-state index is 13.3. The van der Waals surface area contributed by atoms with E-state index in [9.17, 15) is 4.39 Å². The molecule has 2 aromatic rings. The number of rotatable bonds is 5. The van der Waals surface area contributed by atoms with Gasteiger partial charge in [-0.1, -0.05) is 18.2 Å². The van der Waals surface area contributed by atoms with E-state index in [4.69, 9.17) is 5.26 Å². The Balaban J connectivity index is 1.77. The number of halogens is 1. The van der Waals surface area contributed by atoms with E-state index in [1.54, 1.807) is 12.1 Å². The van der Waals surface area contributed by atoms with Crippen molar-refractivity contribution < 1.29 is 4.39 Å². The van der Waals surface area contributed by atoms with Gasteiger partial charge >= 0.3 is 0 Å². The van der Waals surface area contributed by atoms with Gasteiger partial charge in [-0.25, -0.2) is 4.39 Å². The van der Waals surface area contributed by atoms with Gasteiger partial charge in [-0.15, -0.1) is 11.3 Å². The number of nitriles is 1. The molecule has 0 spiro atoms. The molecule has 0 fully saturated rings. The number of benzene rings is 1. The zero-order valence-corrected chi connectivity index (χ0v) is 10.6. The summed E-state index contributed by atoms with van der Waals surface area (Å²) in [6.07, 6.45) is 0.670. The summed E-state index contributed by atoms with van der Waals surface area (Å²) in [5.41, 5.74) is 0.730. The molecule has 1 aromatic carbocycles. The van der Waals surface area contributed by atoms with Crippen molar-refractivity contribution in [2.45, 2.75) is 13.0 Å². The van der Waals surface area contributed by atoms with E-state index < -0.39 is 0 Å². The molecule has 0 amide bonds. The molecule has 0 saturated heterocycles. The molecule has 0 radical (unpaired) electrons. The number of hydrogen-bond acceptors (Lipinski definition) is 3. The van der Waals surface area contributed by atoms with Crippen molar-refractivity contribution >= 4 is 11.3 Å². The summed E-state index contributed by atoms with van der Waals surface area (Å²) < 4.78 is 13.3. The van der Waals surface area contributed by atoms with Gasteiger partial charge in [0.25, 0.3) is 0 Å². The van der Waals surface area contributed by atoms with Crippen molar-refractivity contribution in [1.82, 2.24) is 5.32 Å². The van der Waals surface area contributed by atoms with E-state index in [1.165, 1.54) is 17.4 Å². The number of hydrogen-bond donors (Lipinski definition) is 1. The van der Waals surface area contributed by atoms with Gasteiger partial charge in [0.05, 0.1) is 0 Å². The van der Waals surface area contributed by atoms with Crippen LogP contribution in [0, 0.1) is 17.1 Å². The summed E-state index contributed by atoms with van der Waals surface area (Å²) in [5.74, 6) is -0.151. The average Bonchev–Trinajstić information content (AvgIpc) is 2.84. The Kier molecular flexibility index (Phi) is 4.46. The molecule has 2 rings (SSSR count). The first-order valence-electron chi connectivity index (χ1n) is 5.72. The van der Waals surface area contributed by atoms with Crippen LogP contribution >= 0.6 is 11.3 Å². The highest BCUT2D eigenvalue weighted by atomic mass is 32.1. The molecule has 0 aliphatic carbocycles. The van der Waals surface area contributed by atoms with Crippen LogP contribution in [0.3, 0.4) is 0 Å². The Morgan fingerprint density at radius 3 is 2.78 bits per heavy atom. The highest BCUT2D eigenvalue weighted by molar-refractivity contribution is 7.12. The molecule has 0 aliphatic heterocycles. The quantitative estimate of drug-likeness (QED) is 0.839. The van der Waals surface area contributed by atoms with Crippen LogP contribution in [0.25, 0.3) is 0 Å². The smallest absolute Gasteiger partial charge is 0.126 e. The van der Waals surface area contributed by atoms with E-state index in [2.05, 4.69) is 11.4 Å². The van der Waals surface area contributed by atoms with Crippen molar-refractivity contribution in [2.75, 3.05) is 6.54 Å². The summed E-state index contributed by atoms with van der Waals surface area (Å²) in [4.78, 5) is 1.85. The predicted molar refractivity (Wildman–Crippen MR) is 70.8 cm³/mol. The van der Waals surface area contributed by atoms with Gasteiger partial charge in [-0.2, -0.15) is 5.26 Å². The van der Waals surface area contributed by atoms with Crippen LogP contribution in [-0.4, -0.2) is 6.54 Å². The molecule has 92 valence electrons. The third kappa shape index (κ3) is 3.39. The lowest BCUT2D eigenvalue weighted by atomic mass is 10.1. The molecule has 0 bridgehead atoms. The van der Waals surface area contributed by atoms with Gasteiger partial charge in [0.1, 0.15) is 16.8 Å². The second-order valence-electron chi connectivity index (χ2n) is 3.90. The molecule has 0 aliphatic rings. The largest absolute Gasteiger partial charge is 0.312 e. The summed E-state index contributed by atoms with van der Waals surface area (Å²) in [6, 6.07) is 12.7. The predicted octanol–water partition coefficient (Wildman–Crippen LogP) is 3.09. The SMILES string of the molecule is N#Cc1ccc(CNCCc2ccccc2F)s1. The first-order chi connectivity index (χ1) is 8.79. The van der Waals surface area contributed by atoms with Gasteiger partial charge in [0.15, 0.2) is 0 Å². The zero-order chi connectivity index (χ0) is 12.8. The molecule has 0 saturated carbocycles. The number of thiophene rings is 1. The monoisotopic (exact) mass is 260 g/mol. The topological polar surface area (TPSA) is 35.8 Å². The zero-order valence-electron chi connectivity index (χ0n) is 9.82. The molecule has 4 heteroatoms. The lowest BCUT2D eigenvalue weighted by molar-refractivity contribution is 0.598. The Bertz CT molecular complexity index is 557. The highest BCUT2D eigenvalue weighted by Crippen LogP contribution is 2.14. The molecule has 0 unspecified atom stereocenters. The van der Waals surface area contributed by atoms with Crippen LogP contribution in [0.4, 0.5) is 4.39 Å². The minimum atomic E-state index is -0.151. The van der Waals surface area contributed by atoms with Gasteiger partial charge < -0.3 is 5.32 Å². The molecule has 0 atom stereocenters. The maximum absolute atomic E-state index is 13.3. The number of nitrogens with zero attached hydrogens (tertiary/aromatic N) is 1. The molecular formula is C14H13FN2S. The Hall–Kier alpha value is -1.70. The summed E-state index contributed by atoms with van der Waals surface area (Å²) in [5, 5.41) is 11.9. The fraction of sp³-hybridized carbons (Fsp3) is 0.214. The highest BCUT2D eigenvalue weighted by Gasteiger charge is 2.01. The molecule has 1 heterocycles. The van der Waals surface area contributed by atoms with E-state index in [-0.39, 0.29) is 5.82 Å². The van der Waals surface area contributed by atoms with E-state index in [1.807, 2.05) is 18.2 Å². The first kappa shape index (κ1) is 12.7.